The van der Waals surface area contributed by atoms with Crippen LogP contribution in [0, 0.1) is 5.41 Å². The Labute approximate surface area is 217 Å². The van der Waals surface area contributed by atoms with Crippen LogP contribution in [0.2, 0.25) is 0 Å². The minimum absolute atomic E-state index is 0.261. The summed E-state index contributed by atoms with van der Waals surface area (Å²) in [5.41, 5.74) is 7.01. The Morgan fingerprint density at radius 1 is 0.811 bits per heavy atom. The standard InChI is InChI=1S/C32H32N4O/c1-37-27-19-17-26(18-20-27)36-22-34-32-29(31(36)33)28(24-13-7-3-8-14-24)30(25-15-9-4-10-16-25)35(32)21-23-11-5-2-6-12-23/h2-16,22,26-27,33H,17-21H2,1H3/t26-,27-. The molecule has 1 aliphatic rings. The average Bonchev–Trinajstić information content (AvgIpc) is 3.29. The van der Waals surface area contributed by atoms with Crippen LogP contribution in [0.5, 0.6) is 0 Å². The zero-order valence-corrected chi connectivity index (χ0v) is 21.2. The molecule has 186 valence electrons. The molecule has 1 aliphatic carbocycles. The molecule has 5 heteroatoms. The van der Waals surface area contributed by atoms with E-state index in [-0.39, 0.29) is 6.04 Å². The monoisotopic (exact) mass is 488 g/mol. The molecular formula is C32H32N4O. The summed E-state index contributed by atoms with van der Waals surface area (Å²) >= 11 is 0. The van der Waals surface area contributed by atoms with Gasteiger partial charge in [-0.1, -0.05) is 91.0 Å². The number of rotatable bonds is 6. The summed E-state index contributed by atoms with van der Waals surface area (Å²) in [7, 11) is 1.80. The molecule has 3 aromatic carbocycles. The van der Waals surface area contributed by atoms with E-state index >= 15 is 0 Å². The van der Waals surface area contributed by atoms with Gasteiger partial charge in [0.2, 0.25) is 0 Å². The number of methoxy groups -OCH3 is 1. The lowest BCUT2D eigenvalue weighted by Crippen LogP contribution is -2.30. The molecule has 0 saturated heterocycles. The topological polar surface area (TPSA) is 55.8 Å². The van der Waals surface area contributed by atoms with E-state index in [1.54, 1.807) is 7.11 Å². The van der Waals surface area contributed by atoms with Crippen molar-refractivity contribution in [2.24, 2.45) is 0 Å². The smallest absolute Gasteiger partial charge is 0.146 e. The molecule has 0 spiro atoms. The summed E-state index contributed by atoms with van der Waals surface area (Å²) in [6.07, 6.45) is 6.24. The molecule has 0 atom stereocenters. The van der Waals surface area contributed by atoms with Crippen LogP contribution in [-0.2, 0) is 11.3 Å². The van der Waals surface area contributed by atoms with Gasteiger partial charge in [-0.2, -0.15) is 0 Å². The molecule has 5 nitrogen and oxygen atoms in total. The molecule has 1 fully saturated rings. The van der Waals surface area contributed by atoms with E-state index in [1.807, 2.05) is 24.5 Å². The van der Waals surface area contributed by atoms with Gasteiger partial charge < -0.3 is 13.9 Å². The number of nitrogens with one attached hydrogen (secondary N) is 1. The van der Waals surface area contributed by atoms with Crippen LogP contribution in [0.4, 0.5) is 0 Å². The van der Waals surface area contributed by atoms with Crippen LogP contribution in [-0.4, -0.2) is 27.3 Å². The van der Waals surface area contributed by atoms with Crippen LogP contribution in [0.15, 0.2) is 97.3 Å². The normalized spacial score (nSPS) is 17.8. The predicted molar refractivity (Wildman–Crippen MR) is 148 cm³/mol. The fourth-order valence-corrected chi connectivity index (χ4v) is 5.81. The zero-order valence-electron chi connectivity index (χ0n) is 21.2. The lowest BCUT2D eigenvalue weighted by Gasteiger charge is -2.29. The minimum atomic E-state index is 0.261. The van der Waals surface area contributed by atoms with Crippen LogP contribution in [0.3, 0.4) is 0 Å². The third-order valence-electron chi connectivity index (χ3n) is 7.70. The van der Waals surface area contributed by atoms with Gasteiger partial charge in [-0.05, 0) is 42.4 Å². The number of aromatic nitrogens is 3. The van der Waals surface area contributed by atoms with Gasteiger partial charge in [-0.3, -0.25) is 5.41 Å². The maximum absolute atomic E-state index is 9.49. The lowest BCUT2D eigenvalue weighted by atomic mass is 9.92. The summed E-state index contributed by atoms with van der Waals surface area (Å²) in [5, 5.41) is 10.4. The van der Waals surface area contributed by atoms with Gasteiger partial charge in [0.1, 0.15) is 11.1 Å². The highest BCUT2D eigenvalue weighted by molar-refractivity contribution is 6.02. The molecular weight excluding hydrogens is 456 g/mol. The van der Waals surface area contributed by atoms with Crippen LogP contribution < -0.4 is 5.49 Å². The van der Waals surface area contributed by atoms with Crippen molar-refractivity contribution in [2.45, 2.75) is 44.4 Å². The van der Waals surface area contributed by atoms with Gasteiger partial charge in [0.25, 0.3) is 0 Å². The van der Waals surface area contributed by atoms with Crippen LogP contribution >= 0.6 is 0 Å². The Morgan fingerprint density at radius 2 is 1.41 bits per heavy atom. The number of fused-ring (bicyclic) bond motifs is 1. The molecule has 37 heavy (non-hydrogen) atoms. The van der Waals surface area contributed by atoms with E-state index < -0.39 is 0 Å². The summed E-state index contributed by atoms with van der Waals surface area (Å²) in [6, 6.07) is 31.8. The molecule has 0 amide bonds. The van der Waals surface area contributed by atoms with Gasteiger partial charge >= 0.3 is 0 Å². The predicted octanol–water partition coefficient (Wildman–Crippen LogP) is 6.83. The summed E-state index contributed by atoms with van der Waals surface area (Å²) in [6.45, 7) is 0.684. The van der Waals surface area contributed by atoms with E-state index in [0.717, 1.165) is 59.1 Å². The van der Waals surface area contributed by atoms with Crippen molar-refractivity contribution < 1.29 is 4.74 Å². The molecule has 1 saturated carbocycles. The maximum atomic E-state index is 9.49. The number of hydrogen-bond acceptors (Lipinski definition) is 3. The molecule has 0 aliphatic heterocycles. The first-order valence-electron chi connectivity index (χ1n) is 13.1. The number of ether oxygens (including phenoxy) is 1. The number of benzene rings is 3. The largest absolute Gasteiger partial charge is 0.381 e. The van der Waals surface area contributed by atoms with Crippen molar-refractivity contribution >= 4 is 11.0 Å². The van der Waals surface area contributed by atoms with E-state index in [0.29, 0.717) is 18.1 Å². The first-order chi connectivity index (χ1) is 18.2. The van der Waals surface area contributed by atoms with E-state index in [9.17, 15) is 5.41 Å². The maximum Gasteiger partial charge on any atom is 0.146 e. The summed E-state index contributed by atoms with van der Waals surface area (Å²) < 4.78 is 10.00. The lowest BCUT2D eigenvalue weighted by molar-refractivity contribution is 0.0577. The van der Waals surface area contributed by atoms with Gasteiger partial charge in [-0.25, -0.2) is 4.98 Å². The zero-order chi connectivity index (χ0) is 25.2. The molecule has 5 aromatic rings. The van der Waals surface area contributed by atoms with Gasteiger partial charge in [0.15, 0.2) is 0 Å². The quantitative estimate of drug-likeness (QED) is 0.285. The third-order valence-corrected chi connectivity index (χ3v) is 7.70. The first-order valence-corrected chi connectivity index (χ1v) is 13.1. The van der Waals surface area contributed by atoms with E-state index in [1.165, 1.54) is 5.56 Å². The molecule has 6 rings (SSSR count). The molecule has 2 heterocycles. The van der Waals surface area contributed by atoms with Gasteiger partial charge in [0, 0.05) is 25.3 Å². The first kappa shape index (κ1) is 23.4. The number of nitrogens with zero attached hydrogens (tertiary/aromatic N) is 3. The second-order valence-electron chi connectivity index (χ2n) is 9.89. The van der Waals surface area contributed by atoms with Crippen LogP contribution in [0.1, 0.15) is 37.3 Å². The molecule has 0 bridgehead atoms. The Bertz CT molecular complexity index is 1550. The molecule has 0 unspecified atom stereocenters. The fourth-order valence-electron chi connectivity index (χ4n) is 5.81. The van der Waals surface area contributed by atoms with Crippen molar-refractivity contribution in [3.05, 3.63) is 108 Å². The van der Waals surface area contributed by atoms with Gasteiger partial charge in [0.05, 0.1) is 23.5 Å². The second kappa shape index (κ2) is 10.2. The van der Waals surface area contributed by atoms with E-state index in [2.05, 4.69) is 81.9 Å². The highest BCUT2D eigenvalue weighted by atomic mass is 16.5. The molecule has 0 radical (unpaired) electrons. The highest BCUT2D eigenvalue weighted by Gasteiger charge is 2.26. The third kappa shape index (κ3) is 4.40. The Kier molecular flexibility index (Phi) is 6.46. The Balaban J connectivity index is 1.63. The van der Waals surface area contributed by atoms with Crippen molar-refractivity contribution in [3.63, 3.8) is 0 Å². The van der Waals surface area contributed by atoms with Crippen LogP contribution in [0.25, 0.3) is 33.4 Å². The Hall–Kier alpha value is -3.96. The second-order valence-corrected chi connectivity index (χ2v) is 9.89. The van der Waals surface area contributed by atoms with Crippen molar-refractivity contribution in [1.82, 2.24) is 14.1 Å². The number of hydrogen-bond donors (Lipinski definition) is 1. The van der Waals surface area contributed by atoms with E-state index in [4.69, 9.17) is 9.72 Å². The molecule has 1 N–H and O–H groups in total. The van der Waals surface area contributed by atoms with Crippen molar-refractivity contribution in [2.75, 3.05) is 7.11 Å². The van der Waals surface area contributed by atoms with Gasteiger partial charge in [-0.15, -0.1) is 0 Å². The highest BCUT2D eigenvalue weighted by Crippen LogP contribution is 2.40. The Morgan fingerprint density at radius 3 is 2.03 bits per heavy atom. The fraction of sp³-hybridized carbons (Fsp3) is 0.250. The summed E-state index contributed by atoms with van der Waals surface area (Å²) in [5.74, 6) is 0. The SMILES string of the molecule is CO[C@H]1CC[C@H](n2cnc3c(c(-c4ccccc4)c(-c4ccccc4)n3Cc3ccccc3)c2=N)CC1. The summed E-state index contributed by atoms with van der Waals surface area (Å²) in [4.78, 5) is 5.06. The minimum Gasteiger partial charge on any atom is -0.381 e. The average molecular weight is 489 g/mol. The van der Waals surface area contributed by atoms with Crippen molar-refractivity contribution in [3.8, 4) is 22.4 Å². The van der Waals surface area contributed by atoms with Crippen molar-refractivity contribution in [1.29, 1.82) is 5.41 Å². The molecule has 2 aromatic heterocycles.